The molecule has 0 aliphatic rings. The molecule has 2 aromatic rings. The highest BCUT2D eigenvalue weighted by Crippen LogP contribution is 2.20. The molecule has 0 radical (unpaired) electrons. The number of nitrogens with zero attached hydrogens (tertiary/aromatic N) is 3. The normalized spacial score (nSPS) is 9.94. The second-order valence-electron chi connectivity index (χ2n) is 3.51. The van der Waals surface area contributed by atoms with E-state index < -0.39 is 0 Å². The maximum atomic E-state index is 12.0. The maximum Gasteiger partial charge on any atom is 0.261 e. The Kier molecular flexibility index (Phi) is 3.00. The Labute approximate surface area is 98.4 Å². The zero-order chi connectivity index (χ0) is 12.3. The molecule has 0 spiro atoms. The molecule has 5 heteroatoms. The largest absolute Gasteiger partial charge is 0.508 e. The van der Waals surface area contributed by atoms with Crippen LogP contribution in [0.2, 0.25) is 0 Å². The minimum atomic E-state index is -0.226. The van der Waals surface area contributed by atoms with Gasteiger partial charge in [-0.1, -0.05) is 6.07 Å². The lowest BCUT2D eigenvalue weighted by atomic mass is 10.2. The molecule has 0 aliphatic heterocycles. The summed E-state index contributed by atoms with van der Waals surface area (Å²) in [6, 6.07) is 6.48. The Hall–Kier alpha value is -2.43. The van der Waals surface area contributed by atoms with Gasteiger partial charge >= 0.3 is 0 Å². The van der Waals surface area contributed by atoms with E-state index in [1.165, 1.54) is 29.7 Å². The Morgan fingerprint density at radius 1 is 1.29 bits per heavy atom. The number of anilines is 1. The Morgan fingerprint density at radius 3 is 2.65 bits per heavy atom. The fourth-order valence-corrected chi connectivity index (χ4v) is 1.42. The summed E-state index contributed by atoms with van der Waals surface area (Å²) in [4.78, 5) is 21.0. The monoisotopic (exact) mass is 229 g/mol. The highest BCUT2D eigenvalue weighted by atomic mass is 16.3. The molecule has 1 heterocycles. The van der Waals surface area contributed by atoms with E-state index in [-0.39, 0.29) is 11.7 Å². The summed E-state index contributed by atoms with van der Waals surface area (Å²) in [6.07, 6.45) is 4.27. The summed E-state index contributed by atoms with van der Waals surface area (Å²) in [5.41, 5.74) is 1.01. The number of carbonyl (C=O) groups excluding carboxylic acids is 1. The second-order valence-corrected chi connectivity index (χ2v) is 3.51. The number of aromatic hydroxyl groups is 1. The Balaban J connectivity index is 2.27. The molecular formula is C12H11N3O2. The van der Waals surface area contributed by atoms with Gasteiger partial charge in [-0.15, -0.1) is 0 Å². The van der Waals surface area contributed by atoms with Gasteiger partial charge in [0.05, 0.1) is 5.56 Å². The van der Waals surface area contributed by atoms with Crippen molar-refractivity contribution < 1.29 is 9.90 Å². The van der Waals surface area contributed by atoms with Gasteiger partial charge in [0.2, 0.25) is 0 Å². The van der Waals surface area contributed by atoms with Crippen molar-refractivity contribution in [1.82, 2.24) is 9.97 Å². The highest BCUT2D eigenvalue weighted by molar-refractivity contribution is 6.05. The molecule has 0 saturated heterocycles. The molecule has 17 heavy (non-hydrogen) atoms. The SMILES string of the molecule is CN(C(=O)c1cncnc1)c1cccc(O)c1. The molecule has 0 aliphatic carbocycles. The zero-order valence-electron chi connectivity index (χ0n) is 9.24. The van der Waals surface area contributed by atoms with Crippen molar-refractivity contribution in [3.8, 4) is 5.75 Å². The minimum Gasteiger partial charge on any atom is -0.508 e. The lowest BCUT2D eigenvalue weighted by molar-refractivity contribution is 0.0992. The van der Waals surface area contributed by atoms with E-state index in [2.05, 4.69) is 9.97 Å². The first-order valence-electron chi connectivity index (χ1n) is 5.00. The van der Waals surface area contributed by atoms with Crippen LogP contribution in [0.1, 0.15) is 10.4 Å². The second kappa shape index (κ2) is 4.61. The average molecular weight is 229 g/mol. The van der Waals surface area contributed by atoms with Crippen molar-refractivity contribution in [1.29, 1.82) is 0 Å². The van der Waals surface area contributed by atoms with Gasteiger partial charge in [-0.25, -0.2) is 9.97 Å². The summed E-state index contributed by atoms with van der Waals surface area (Å²) < 4.78 is 0. The molecule has 0 fully saturated rings. The smallest absolute Gasteiger partial charge is 0.261 e. The number of amides is 1. The lowest BCUT2D eigenvalue weighted by Crippen LogP contribution is -2.26. The van der Waals surface area contributed by atoms with Crippen LogP contribution in [0.15, 0.2) is 43.0 Å². The molecule has 0 bridgehead atoms. The van der Waals surface area contributed by atoms with Gasteiger partial charge in [0.25, 0.3) is 5.91 Å². The van der Waals surface area contributed by atoms with Crippen LogP contribution in [0.5, 0.6) is 5.75 Å². The molecule has 1 amide bonds. The van der Waals surface area contributed by atoms with Crippen LogP contribution < -0.4 is 4.90 Å². The Morgan fingerprint density at radius 2 is 2.00 bits per heavy atom. The first-order chi connectivity index (χ1) is 8.18. The van der Waals surface area contributed by atoms with Crippen molar-refractivity contribution in [2.45, 2.75) is 0 Å². The standard InChI is InChI=1S/C12H11N3O2/c1-15(10-3-2-4-11(16)5-10)12(17)9-6-13-8-14-7-9/h2-8,16H,1H3. The molecule has 2 rings (SSSR count). The van der Waals surface area contributed by atoms with E-state index in [1.54, 1.807) is 25.2 Å². The Bertz CT molecular complexity index is 528. The molecular weight excluding hydrogens is 218 g/mol. The van der Waals surface area contributed by atoms with Gasteiger partial charge in [0, 0.05) is 31.2 Å². The van der Waals surface area contributed by atoms with Crippen LogP contribution >= 0.6 is 0 Å². The average Bonchev–Trinajstić information content (AvgIpc) is 2.38. The fourth-order valence-electron chi connectivity index (χ4n) is 1.42. The van der Waals surface area contributed by atoms with Crippen LogP contribution in [0.3, 0.4) is 0 Å². The minimum absolute atomic E-state index is 0.117. The summed E-state index contributed by atoms with van der Waals surface area (Å²) >= 11 is 0. The number of aromatic nitrogens is 2. The van der Waals surface area contributed by atoms with Gasteiger partial charge < -0.3 is 10.0 Å². The van der Waals surface area contributed by atoms with Gasteiger partial charge in [-0.2, -0.15) is 0 Å². The van der Waals surface area contributed by atoms with Crippen LogP contribution in [0.25, 0.3) is 0 Å². The number of benzene rings is 1. The molecule has 0 saturated carbocycles. The van der Waals surface area contributed by atoms with Crippen molar-refractivity contribution in [3.05, 3.63) is 48.5 Å². The summed E-state index contributed by atoms with van der Waals surface area (Å²) in [6.45, 7) is 0. The number of hydrogen-bond donors (Lipinski definition) is 1. The van der Waals surface area contributed by atoms with Gasteiger partial charge in [0.1, 0.15) is 12.1 Å². The summed E-state index contributed by atoms with van der Waals surface area (Å²) in [5.74, 6) is -0.109. The summed E-state index contributed by atoms with van der Waals surface area (Å²) in [7, 11) is 1.63. The van der Waals surface area contributed by atoms with Gasteiger partial charge in [-0.3, -0.25) is 4.79 Å². The first kappa shape index (κ1) is 11.1. The number of carbonyl (C=O) groups is 1. The van der Waals surface area contributed by atoms with Crippen molar-refractivity contribution in [2.24, 2.45) is 0 Å². The maximum absolute atomic E-state index is 12.0. The molecule has 1 aromatic heterocycles. The molecule has 0 atom stereocenters. The third kappa shape index (κ3) is 2.39. The van der Waals surface area contributed by atoms with E-state index in [9.17, 15) is 9.90 Å². The predicted octanol–water partition coefficient (Wildman–Crippen LogP) is 1.46. The van der Waals surface area contributed by atoms with E-state index in [4.69, 9.17) is 0 Å². The van der Waals surface area contributed by atoms with E-state index >= 15 is 0 Å². The fraction of sp³-hybridized carbons (Fsp3) is 0.0833. The van der Waals surface area contributed by atoms with Crippen LogP contribution in [-0.2, 0) is 0 Å². The lowest BCUT2D eigenvalue weighted by Gasteiger charge is -2.16. The predicted molar refractivity (Wildman–Crippen MR) is 62.9 cm³/mol. The van der Waals surface area contributed by atoms with Gasteiger partial charge in [-0.05, 0) is 12.1 Å². The van der Waals surface area contributed by atoms with Crippen molar-refractivity contribution >= 4 is 11.6 Å². The van der Waals surface area contributed by atoms with E-state index in [1.807, 2.05) is 0 Å². The number of rotatable bonds is 2. The van der Waals surface area contributed by atoms with Crippen LogP contribution in [0, 0.1) is 0 Å². The highest BCUT2D eigenvalue weighted by Gasteiger charge is 2.13. The summed E-state index contributed by atoms with van der Waals surface area (Å²) in [5, 5.41) is 9.35. The van der Waals surface area contributed by atoms with Crippen LogP contribution in [-0.4, -0.2) is 28.0 Å². The third-order valence-corrected chi connectivity index (χ3v) is 2.33. The molecule has 1 aromatic carbocycles. The van der Waals surface area contributed by atoms with Gasteiger partial charge in [0.15, 0.2) is 0 Å². The zero-order valence-corrected chi connectivity index (χ0v) is 9.24. The van der Waals surface area contributed by atoms with Crippen molar-refractivity contribution in [3.63, 3.8) is 0 Å². The molecule has 0 unspecified atom stereocenters. The number of hydrogen-bond acceptors (Lipinski definition) is 4. The van der Waals surface area contributed by atoms with Crippen molar-refractivity contribution in [2.75, 3.05) is 11.9 Å². The van der Waals surface area contributed by atoms with E-state index in [0.29, 0.717) is 11.3 Å². The van der Waals surface area contributed by atoms with Crippen LogP contribution in [0.4, 0.5) is 5.69 Å². The third-order valence-electron chi connectivity index (χ3n) is 2.33. The molecule has 1 N–H and O–H groups in total. The molecule has 5 nitrogen and oxygen atoms in total. The quantitative estimate of drug-likeness (QED) is 0.846. The first-order valence-corrected chi connectivity index (χ1v) is 5.00. The number of phenols is 1. The molecule has 86 valence electrons. The number of phenolic OH excluding ortho intramolecular Hbond substituents is 1. The van der Waals surface area contributed by atoms with E-state index in [0.717, 1.165) is 0 Å². The topological polar surface area (TPSA) is 66.3 Å².